The molecule has 1 fully saturated rings. The van der Waals surface area contributed by atoms with Gasteiger partial charge < -0.3 is 10.2 Å². The Balaban J connectivity index is 2.02. The first kappa shape index (κ1) is 12.0. The molecule has 1 aromatic rings. The maximum atomic E-state index is 12.2. The number of amides is 1. The lowest BCUT2D eigenvalue weighted by Gasteiger charge is -2.37. The molecule has 1 aromatic heterocycles. The van der Waals surface area contributed by atoms with Crippen LogP contribution in [0.5, 0.6) is 0 Å². The summed E-state index contributed by atoms with van der Waals surface area (Å²) in [5, 5.41) is 3.20. The van der Waals surface area contributed by atoms with E-state index in [-0.39, 0.29) is 5.91 Å². The van der Waals surface area contributed by atoms with Gasteiger partial charge in [-0.15, -0.1) is 0 Å². The summed E-state index contributed by atoms with van der Waals surface area (Å²) in [5.41, 5.74) is 1.98. The quantitative estimate of drug-likeness (QED) is 0.835. The summed E-state index contributed by atoms with van der Waals surface area (Å²) in [6.45, 7) is 6.64. The van der Waals surface area contributed by atoms with Crippen molar-refractivity contribution < 1.29 is 4.79 Å². The predicted molar refractivity (Wildman–Crippen MR) is 66.7 cm³/mol. The van der Waals surface area contributed by atoms with Crippen LogP contribution in [0.4, 0.5) is 0 Å². The van der Waals surface area contributed by atoms with Gasteiger partial charge in [-0.1, -0.05) is 6.07 Å². The first-order valence-corrected chi connectivity index (χ1v) is 6.13. The number of aryl methyl sites for hydroxylation is 1. The van der Waals surface area contributed by atoms with Crippen LogP contribution in [-0.4, -0.2) is 41.5 Å². The van der Waals surface area contributed by atoms with Gasteiger partial charge in [-0.25, -0.2) is 0 Å². The average Bonchev–Trinajstić information content (AvgIpc) is 2.26. The molecule has 0 aliphatic carbocycles. The molecule has 1 aliphatic rings. The number of likely N-dealkylation sites (N-methyl/N-ethyl adjacent to an activating group) is 1. The Morgan fingerprint density at radius 2 is 2.35 bits per heavy atom. The molecular weight excluding hydrogens is 214 g/mol. The van der Waals surface area contributed by atoms with E-state index < -0.39 is 0 Å². The van der Waals surface area contributed by atoms with E-state index in [2.05, 4.69) is 10.3 Å². The monoisotopic (exact) mass is 233 g/mol. The zero-order valence-corrected chi connectivity index (χ0v) is 10.4. The molecule has 1 saturated heterocycles. The normalized spacial score (nSPS) is 15.4. The molecule has 0 atom stereocenters. The first-order chi connectivity index (χ1) is 8.22. The number of pyridine rings is 1. The van der Waals surface area contributed by atoms with Crippen molar-refractivity contribution in [1.29, 1.82) is 0 Å². The van der Waals surface area contributed by atoms with Gasteiger partial charge in [-0.05, 0) is 25.5 Å². The highest BCUT2D eigenvalue weighted by Crippen LogP contribution is 2.10. The van der Waals surface area contributed by atoms with Crippen LogP contribution in [0, 0.1) is 6.92 Å². The van der Waals surface area contributed by atoms with Crippen molar-refractivity contribution in [2.24, 2.45) is 0 Å². The van der Waals surface area contributed by atoms with Crippen LogP contribution in [0.15, 0.2) is 18.3 Å². The van der Waals surface area contributed by atoms with Crippen LogP contribution in [0.1, 0.15) is 18.2 Å². The molecule has 4 nitrogen and oxygen atoms in total. The molecule has 17 heavy (non-hydrogen) atoms. The fourth-order valence-electron chi connectivity index (χ4n) is 2.08. The first-order valence-electron chi connectivity index (χ1n) is 6.13. The molecule has 0 saturated carbocycles. The van der Waals surface area contributed by atoms with Crippen LogP contribution in [-0.2, 0) is 11.2 Å². The molecule has 0 radical (unpaired) electrons. The van der Waals surface area contributed by atoms with Crippen molar-refractivity contribution in [3.05, 3.63) is 29.6 Å². The molecule has 0 aromatic carbocycles. The summed E-state index contributed by atoms with van der Waals surface area (Å²) in [4.78, 5) is 18.4. The van der Waals surface area contributed by atoms with Crippen molar-refractivity contribution in [3.63, 3.8) is 0 Å². The third-order valence-electron chi connectivity index (χ3n) is 3.30. The maximum absolute atomic E-state index is 12.2. The van der Waals surface area contributed by atoms with Crippen molar-refractivity contribution in [2.75, 3.05) is 19.6 Å². The van der Waals surface area contributed by atoms with Gasteiger partial charge in [0.2, 0.25) is 5.91 Å². The molecule has 4 heteroatoms. The molecule has 1 N–H and O–H groups in total. The number of nitrogens with one attached hydrogen (secondary N) is 1. The number of hydrogen-bond acceptors (Lipinski definition) is 3. The summed E-state index contributed by atoms with van der Waals surface area (Å²) in [6, 6.07) is 4.27. The van der Waals surface area contributed by atoms with Gasteiger partial charge >= 0.3 is 0 Å². The minimum absolute atomic E-state index is 0.181. The standard InChI is InChI=1S/C13H19N3O/c1-3-16(11-8-14-9-11)13(17)7-12-10(2)5-4-6-15-12/h4-6,11,14H,3,7-9H2,1-2H3. The van der Waals surface area contributed by atoms with Crippen LogP contribution >= 0.6 is 0 Å². The number of hydrogen-bond donors (Lipinski definition) is 1. The lowest BCUT2D eigenvalue weighted by atomic mass is 10.1. The second-order valence-corrected chi connectivity index (χ2v) is 4.44. The van der Waals surface area contributed by atoms with E-state index in [1.807, 2.05) is 30.9 Å². The van der Waals surface area contributed by atoms with E-state index in [1.165, 1.54) is 0 Å². The minimum Gasteiger partial charge on any atom is -0.337 e. The third-order valence-corrected chi connectivity index (χ3v) is 3.30. The number of carbonyl (C=O) groups excluding carboxylic acids is 1. The van der Waals surface area contributed by atoms with Crippen molar-refractivity contribution in [2.45, 2.75) is 26.3 Å². The SMILES string of the molecule is CCN(C(=O)Cc1ncccc1C)C1CNC1. The highest BCUT2D eigenvalue weighted by atomic mass is 16.2. The molecule has 2 heterocycles. The topological polar surface area (TPSA) is 45.2 Å². The molecule has 2 rings (SSSR count). The maximum Gasteiger partial charge on any atom is 0.228 e. The van der Waals surface area contributed by atoms with E-state index in [4.69, 9.17) is 0 Å². The predicted octanol–water partition coefficient (Wildman–Crippen LogP) is 0.753. The summed E-state index contributed by atoms with van der Waals surface area (Å²) in [7, 11) is 0. The lowest BCUT2D eigenvalue weighted by Crippen LogP contribution is -2.59. The molecule has 0 spiro atoms. The summed E-state index contributed by atoms with van der Waals surface area (Å²) in [5.74, 6) is 0.181. The zero-order chi connectivity index (χ0) is 12.3. The Hall–Kier alpha value is -1.42. The molecule has 1 amide bonds. The van der Waals surface area contributed by atoms with Crippen LogP contribution in [0.3, 0.4) is 0 Å². The van der Waals surface area contributed by atoms with E-state index in [0.717, 1.165) is 30.9 Å². The largest absolute Gasteiger partial charge is 0.337 e. The van der Waals surface area contributed by atoms with Crippen molar-refractivity contribution in [1.82, 2.24) is 15.2 Å². The minimum atomic E-state index is 0.181. The fourth-order valence-corrected chi connectivity index (χ4v) is 2.08. The molecule has 0 bridgehead atoms. The van der Waals surface area contributed by atoms with E-state index in [0.29, 0.717) is 12.5 Å². The van der Waals surface area contributed by atoms with Crippen LogP contribution in [0.2, 0.25) is 0 Å². The molecular formula is C13H19N3O. The van der Waals surface area contributed by atoms with Gasteiger partial charge in [-0.2, -0.15) is 0 Å². The average molecular weight is 233 g/mol. The molecule has 1 aliphatic heterocycles. The second kappa shape index (κ2) is 5.27. The Morgan fingerprint density at radius 3 is 2.88 bits per heavy atom. The smallest absolute Gasteiger partial charge is 0.228 e. The van der Waals surface area contributed by atoms with Gasteiger partial charge in [0.05, 0.1) is 18.2 Å². The van der Waals surface area contributed by atoms with Gasteiger partial charge in [0.1, 0.15) is 0 Å². The zero-order valence-electron chi connectivity index (χ0n) is 10.4. The number of rotatable bonds is 4. The Kier molecular flexibility index (Phi) is 3.74. The Morgan fingerprint density at radius 1 is 1.59 bits per heavy atom. The van der Waals surface area contributed by atoms with Crippen molar-refractivity contribution in [3.8, 4) is 0 Å². The Bertz CT molecular complexity index is 401. The fraction of sp³-hybridized carbons (Fsp3) is 0.538. The van der Waals surface area contributed by atoms with E-state index >= 15 is 0 Å². The van der Waals surface area contributed by atoms with Gasteiger partial charge in [0.25, 0.3) is 0 Å². The van der Waals surface area contributed by atoms with Gasteiger partial charge in [0.15, 0.2) is 0 Å². The highest BCUT2D eigenvalue weighted by Gasteiger charge is 2.27. The summed E-state index contributed by atoms with van der Waals surface area (Å²) >= 11 is 0. The van der Waals surface area contributed by atoms with E-state index in [1.54, 1.807) is 6.20 Å². The van der Waals surface area contributed by atoms with Gasteiger partial charge in [-0.3, -0.25) is 9.78 Å². The number of carbonyl (C=O) groups is 1. The highest BCUT2D eigenvalue weighted by molar-refractivity contribution is 5.79. The summed E-state index contributed by atoms with van der Waals surface area (Å²) in [6.07, 6.45) is 2.16. The Labute approximate surface area is 102 Å². The van der Waals surface area contributed by atoms with E-state index in [9.17, 15) is 4.79 Å². The molecule has 0 unspecified atom stereocenters. The van der Waals surface area contributed by atoms with Crippen LogP contribution in [0.25, 0.3) is 0 Å². The lowest BCUT2D eigenvalue weighted by molar-refractivity contribution is -0.133. The van der Waals surface area contributed by atoms with Crippen molar-refractivity contribution >= 4 is 5.91 Å². The van der Waals surface area contributed by atoms with Crippen LogP contribution < -0.4 is 5.32 Å². The second-order valence-electron chi connectivity index (χ2n) is 4.44. The third kappa shape index (κ3) is 2.64. The number of aromatic nitrogens is 1. The number of nitrogens with zero attached hydrogens (tertiary/aromatic N) is 2. The summed E-state index contributed by atoms with van der Waals surface area (Å²) < 4.78 is 0. The molecule has 92 valence electrons. The van der Waals surface area contributed by atoms with Gasteiger partial charge in [0, 0.05) is 25.8 Å².